The fraction of sp³-hybridized carbons (Fsp3) is 0.333. The van der Waals surface area contributed by atoms with E-state index in [4.69, 9.17) is 16.3 Å². The number of ether oxygens (including phenoxy) is 1. The lowest BCUT2D eigenvalue weighted by atomic mass is 10.2. The highest BCUT2D eigenvalue weighted by molar-refractivity contribution is 6.33. The molecular weight excluding hydrogens is 450 g/mol. The quantitative estimate of drug-likeness (QED) is 0.407. The Morgan fingerprint density at radius 3 is 2.47 bits per heavy atom. The molecule has 0 atom stereocenters. The fourth-order valence-corrected chi connectivity index (χ4v) is 4.24. The molecule has 4 rings (SSSR count). The van der Waals surface area contributed by atoms with Crippen LogP contribution in [0.4, 0.5) is 0 Å². The Bertz CT molecular complexity index is 1110. The lowest BCUT2D eigenvalue weighted by Crippen LogP contribution is -2.45. The van der Waals surface area contributed by atoms with Crippen molar-refractivity contribution in [3.8, 4) is 0 Å². The van der Waals surface area contributed by atoms with Crippen LogP contribution in [0.2, 0.25) is 5.02 Å². The second kappa shape index (κ2) is 11.4. The molecule has 0 bridgehead atoms. The molecule has 34 heavy (non-hydrogen) atoms. The fourth-order valence-electron chi connectivity index (χ4n) is 4.02. The van der Waals surface area contributed by atoms with Crippen LogP contribution in [-0.2, 0) is 22.6 Å². The average molecular weight is 480 g/mol. The van der Waals surface area contributed by atoms with Gasteiger partial charge >= 0.3 is 0 Å². The van der Waals surface area contributed by atoms with Gasteiger partial charge in [0.05, 0.1) is 23.7 Å². The highest BCUT2D eigenvalue weighted by Gasteiger charge is 2.34. The summed E-state index contributed by atoms with van der Waals surface area (Å²) < 4.78 is 7.37. The molecule has 2 amide bonds. The van der Waals surface area contributed by atoms with Gasteiger partial charge in [0.15, 0.2) is 0 Å². The topological polar surface area (TPSA) is 54.8 Å². The van der Waals surface area contributed by atoms with Crippen molar-refractivity contribution in [2.45, 2.75) is 32.0 Å². The first-order valence-electron chi connectivity index (χ1n) is 11.6. The van der Waals surface area contributed by atoms with Crippen LogP contribution < -0.4 is 0 Å². The van der Waals surface area contributed by atoms with E-state index in [0.29, 0.717) is 30.3 Å². The van der Waals surface area contributed by atoms with Crippen molar-refractivity contribution in [2.24, 2.45) is 0 Å². The molecule has 0 spiro atoms. The molecule has 1 aliphatic carbocycles. The van der Waals surface area contributed by atoms with E-state index in [1.807, 2.05) is 35.4 Å². The molecule has 0 saturated heterocycles. The van der Waals surface area contributed by atoms with Crippen LogP contribution in [0.25, 0.3) is 0 Å². The lowest BCUT2D eigenvalue weighted by Gasteiger charge is -2.28. The Balaban J connectivity index is 1.49. The number of methoxy groups -OCH3 is 1. The van der Waals surface area contributed by atoms with E-state index in [2.05, 4.69) is 22.8 Å². The standard InChI is InChI=1S/C27H30ClN3O3/c1-34-17-16-30(27(33)24-11-5-6-12-25(24)28)20-26(32)31(22-13-14-22)19-23-10-7-15-29(23)18-21-8-3-2-4-9-21/h2-12,15,22H,13-14,16-20H2,1H3. The molecule has 0 N–H and O–H groups in total. The zero-order valence-electron chi connectivity index (χ0n) is 19.4. The summed E-state index contributed by atoms with van der Waals surface area (Å²) in [4.78, 5) is 30.1. The number of rotatable bonds is 11. The second-order valence-corrected chi connectivity index (χ2v) is 8.97. The number of halogens is 1. The normalized spacial score (nSPS) is 13.0. The SMILES string of the molecule is COCCN(CC(=O)N(Cc1cccn1Cc1ccccc1)C1CC1)C(=O)c1ccccc1Cl. The number of amides is 2. The predicted octanol–water partition coefficient (Wildman–Crippen LogP) is 4.47. The highest BCUT2D eigenvalue weighted by Crippen LogP contribution is 2.29. The van der Waals surface area contributed by atoms with E-state index in [1.165, 1.54) is 10.5 Å². The van der Waals surface area contributed by atoms with Gasteiger partial charge in [0.2, 0.25) is 5.91 Å². The molecule has 1 saturated carbocycles. The summed E-state index contributed by atoms with van der Waals surface area (Å²) in [5, 5.41) is 0.375. The van der Waals surface area contributed by atoms with Crippen LogP contribution in [0, 0.1) is 0 Å². The van der Waals surface area contributed by atoms with Gasteiger partial charge in [-0.2, -0.15) is 0 Å². The molecular formula is C27H30ClN3O3. The van der Waals surface area contributed by atoms with Gasteiger partial charge in [-0.25, -0.2) is 0 Å². The molecule has 1 fully saturated rings. The number of carbonyl (C=O) groups excluding carboxylic acids is 2. The number of benzene rings is 2. The van der Waals surface area contributed by atoms with Crippen molar-refractivity contribution in [2.75, 3.05) is 26.8 Å². The largest absolute Gasteiger partial charge is 0.383 e. The zero-order valence-corrected chi connectivity index (χ0v) is 20.2. The lowest BCUT2D eigenvalue weighted by molar-refractivity contribution is -0.133. The predicted molar refractivity (Wildman–Crippen MR) is 133 cm³/mol. The summed E-state index contributed by atoms with van der Waals surface area (Å²) in [6.45, 7) is 1.91. The van der Waals surface area contributed by atoms with Crippen molar-refractivity contribution in [1.82, 2.24) is 14.4 Å². The molecule has 1 aliphatic rings. The number of nitrogens with zero attached hydrogens (tertiary/aromatic N) is 3. The molecule has 0 aliphatic heterocycles. The zero-order chi connectivity index (χ0) is 23.9. The van der Waals surface area contributed by atoms with Crippen LogP contribution in [0.15, 0.2) is 72.9 Å². The summed E-state index contributed by atoms with van der Waals surface area (Å²) in [5.41, 5.74) is 2.67. The Labute approximate surface area is 205 Å². The Morgan fingerprint density at radius 1 is 1.03 bits per heavy atom. The van der Waals surface area contributed by atoms with Crippen LogP contribution >= 0.6 is 11.6 Å². The van der Waals surface area contributed by atoms with E-state index in [-0.39, 0.29) is 24.4 Å². The van der Waals surface area contributed by atoms with Crippen molar-refractivity contribution in [1.29, 1.82) is 0 Å². The van der Waals surface area contributed by atoms with Crippen molar-refractivity contribution in [3.05, 3.63) is 94.8 Å². The Morgan fingerprint density at radius 2 is 1.76 bits per heavy atom. The van der Waals surface area contributed by atoms with E-state index in [0.717, 1.165) is 25.1 Å². The van der Waals surface area contributed by atoms with E-state index < -0.39 is 0 Å². The van der Waals surface area contributed by atoms with Gasteiger partial charge < -0.3 is 19.1 Å². The Kier molecular flexibility index (Phi) is 8.03. The van der Waals surface area contributed by atoms with E-state index >= 15 is 0 Å². The average Bonchev–Trinajstić information content (AvgIpc) is 3.60. The molecule has 0 unspecified atom stereocenters. The van der Waals surface area contributed by atoms with E-state index in [1.54, 1.807) is 31.4 Å². The smallest absolute Gasteiger partial charge is 0.255 e. The number of carbonyl (C=O) groups is 2. The molecule has 1 aromatic heterocycles. The second-order valence-electron chi connectivity index (χ2n) is 8.57. The summed E-state index contributed by atoms with van der Waals surface area (Å²) in [6.07, 6.45) is 4.02. The maximum atomic E-state index is 13.5. The number of hydrogen-bond donors (Lipinski definition) is 0. The van der Waals surface area contributed by atoms with Crippen molar-refractivity contribution in [3.63, 3.8) is 0 Å². The van der Waals surface area contributed by atoms with Crippen LogP contribution in [0.3, 0.4) is 0 Å². The molecule has 178 valence electrons. The molecule has 1 heterocycles. The molecule has 0 radical (unpaired) electrons. The summed E-state index contributed by atoms with van der Waals surface area (Å²) in [5.74, 6) is -0.328. The van der Waals surface area contributed by atoms with Crippen LogP contribution in [-0.4, -0.2) is 59.0 Å². The first-order valence-corrected chi connectivity index (χ1v) is 11.9. The molecule has 2 aromatic carbocycles. The first kappa shape index (κ1) is 24.0. The van der Waals surface area contributed by atoms with Crippen LogP contribution in [0.1, 0.15) is 34.5 Å². The van der Waals surface area contributed by atoms with Gasteiger partial charge in [0, 0.05) is 38.1 Å². The number of hydrogen-bond acceptors (Lipinski definition) is 3. The highest BCUT2D eigenvalue weighted by atomic mass is 35.5. The third-order valence-corrected chi connectivity index (χ3v) is 6.37. The minimum Gasteiger partial charge on any atom is -0.383 e. The van der Waals surface area contributed by atoms with Gasteiger partial charge in [-0.05, 0) is 42.7 Å². The number of aromatic nitrogens is 1. The van der Waals surface area contributed by atoms with Crippen molar-refractivity contribution < 1.29 is 14.3 Å². The third kappa shape index (κ3) is 6.07. The van der Waals surface area contributed by atoms with Gasteiger partial charge in [-0.3, -0.25) is 9.59 Å². The summed E-state index contributed by atoms with van der Waals surface area (Å²) in [7, 11) is 1.58. The minimum atomic E-state index is -0.265. The van der Waals surface area contributed by atoms with Gasteiger partial charge in [-0.1, -0.05) is 54.1 Å². The van der Waals surface area contributed by atoms with E-state index in [9.17, 15) is 9.59 Å². The minimum absolute atomic E-state index is 0.0106. The third-order valence-electron chi connectivity index (χ3n) is 6.04. The summed E-state index contributed by atoms with van der Waals surface area (Å²) in [6, 6.07) is 21.5. The summed E-state index contributed by atoms with van der Waals surface area (Å²) >= 11 is 6.26. The molecule has 3 aromatic rings. The first-order chi connectivity index (χ1) is 16.6. The molecule has 7 heteroatoms. The van der Waals surface area contributed by atoms with Crippen molar-refractivity contribution >= 4 is 23.4 Å². The van der Waals surface area contributed by atoms with Gasteiger partial charge in [0.25, 0.3) is 5.91 Å². The molecule has 6 nitrogen and oxygen atoms in total. The maximum Gasteiger partial charge on any atom is 0.255 e. The van der Waals surface area contributed by atoms with Crippen LogP contribution in [0.5, 0.6) is 0 Å². The Hall–Kier alpha value is -3.09. The monoisotopic (exact) mass is 479 g/mol. The van der Waals surface area contributed by atoms with Gasteiger partial charge in [-0.15, -0.1) is 0 Å². The maximum absolute atomic E-state index is 13.5. The van der Waals surface area contributed by atoms with Gasteiger partial charge in [0.1, 0.15) is 6.54 Å².